The van der Waals surface area contributed by atoms with Crippen LogP contribution in [0.1, 0.15) is 18.6 Å². The van der Waals surface area contributed by atoms with Gasteiger partial charge in [0.1, 0.15) is 11.3 Å². The Balaban J connectivity index is 1.58. The molecular weight excluding hydrogens is 386 g/mol. The lowest BCUT2D eigenvalue weighted by molar-refractivity contribution is -0.131. The maximum Gasteiger partial charge on any atom is 0.244 e. The number of nitrogens with zero attached hydrogens (tertiary/aromatic N) is 1. The maximum atomic E-state index is 13.1. The van der Waals surface area contributed by atoms with Crippen LogP contribution in [0.5, 0.6) is 0 Å². The van der Waals surface area contributed by atoms with E-state index in [2.05, 4.69) is 0 Å². The smallest absolute Gasteiger partial charge is 0.244 e. The molecule has 7 heteroatoms. The normalized spacial score (nSPS) is 15.6. The van der Waals surface area contributed by atoms with E-state index in [9.17, 15) is 13.2 Å². The van der Waals surface area contributed by atoms with Crippen molar-refractivity contribution in [2.24, 2.45) is 0 Å². The van der Waals surface area contributed by atoms with Gasteiger partial charge in [0, 0.05) is 17.5 Å². The Morgan fingerprint density at radius 1 is 1.15 bits per heavy atom. The third kappa shape index (κ3) is 3.03. The summed E-state index contributed by atoms with van der Waals surface area (Å²) in [4.78, 5) is 14.6. The van der Waals surface area contributed by atoms with Crippen molar-refractivity contribution >= 4 is 38.3 Å². The number of halogens is 1. The Kier molecular flexibility index (Phi) is 4.28. The van der Waals surface area contributed by atoms with E-state index in [1.165, 1.54) is 29.2 Å². The molecule has 1 aliphatic carbocycles. The van der Waals surface area contributed by atoms with Gasteiger partial charge in [-0.05, 0) is 49.2 Å². The number of benzene rings is 2. The molecule has 0 bridgehead atoms. The molecule has 2 aromatic carbocycles. The second kappa shape index (κ2) is 6.39. The average molecular weight is 404 g/mol. The van der Waals surface area contributed by atoms with E-state index >= 15 is 0 Å². The minimum atomic E-state index is -3.79. The predicted molar refractivity (Wildman–Crippen MR) is 103 cm³/mol. The first-order chi connectivity index (χ1) is 12.8. The van der Waals surface area contributed by atoms with E-state index in [1.54, 1.807) is 7.05 Å². The predicted octanol–water partition coefficient (Wildman–Crippen LogP) is 4.05. The van der Waals surface area contributed by atoms with Crippen molar-refractivity contribution in [2.75, 3.05) is 7.05 Å². The molecule has 140 valence electrons. The third-order valence-corrected chi connectivity index (χ3v) is 7.70. The van der Waals surface area contributed by atoms with E-state index in [4.69, 9.17) is 16.0 Å². The van der Waals surface area contributed by atoms with Crippen LogP contribution >= 0.6 is 11.6 Å². The van der Waals surface area contributed by atoms with E-state index < -0.39 is 20.5 Å². The number of carbonyl (C=O) groups excluding carboxylic acids is 1. The molecule has 0 saturated heterocycles. The maximum absolute atomic E-state index is 13.1. The summed E-state index contributed by atoms with van der Waals surface area (Å²) in [5.74, 6) is 0.213. The molecule has 0 spiro atoms. The number of sulfone groups is 1. The number of hydrogen-bond donors (Lipinski definition) is 0. The van der Waals surface area contributed by atoms with Crippen LogP contribution in [0.2, 0.25) is 5.02 Å². The molecule has 0 unspecified atom stereocenters. The molecule has 1 aromatic heterocycles. The van der Waals surface area contributed by atoms with Gasteiger partial charge in [0.15, 0.2) is 14.6 Å². The molecule has 0 atom stereocenters. The van der Waals surface area contributed by atoms with Crippen LogP contribution < -0.4 is 0 Å². The van der Waals surface area contributed by atoms with Crippen LogP contribution in [0, 0.1) is 0 Å². The molecule has 4 rings (SSSR count). The molecule has 5 nitrogen and oxygen atoms in total. The molecular formula is C20H18ClNO4S. The summed E-state index contributed by atoms with van der Waals surface area (Å²) >= 11 is 5.85. The van der Waals surface area contributed by atoms with Crippen molar-refractivity contribution in [1.82, 2.24) is 4.90 Å². The molecule has 3 aromatic rings. The molecule has 1 heterocycles. The van der Waals surface area contributed by atoms with Gasteiger partial charge in [-0.15, -0.1) is 0 Å². The largest absolute Gasteiger partial charge is 0.459 e. The molecule has 1 fully saturated rings. The topological polar surface area (TPSA) is 67.6 Å². The Morgan fingerprint density at radius 2 is 1.81 bits per heavy atom. The highest BCUT2D eigenvalue weighted by Crippen LogP contribution is 2.48. The zero-order chi connectivity index (χ0) is 19.2. The fraction of sp³-hybridized carbons (Fsp3) is 0.250. The van der Waals surface area contributed by atoms with Crippen LogP contribution in [0.3, 0.4) is 0 Å². The molecule has 0 N–H and O–H groups in total. The molecule has 1 aliphatic rings. The van der Waals surface area contributed by atoms with Gasteiger partial charge in [-0.2, -0.15) is 0 Å². The second-order valence-electron chi connectivity index (χ2n) is 6.86. The van der Waals surface area contributed by atoms with E-state index in [1.807, 2.05) is 30.3 Å². The number of fused-ring (bicyclic) bond motifs is 1. The lowest BCUT2D eigenvalue weighted by Gasteiger charge is -2.23. The molecule has 0 radical (unpaired) electrons. The Labute approximate surface area is 162 Å². The standard InChI is InChI=1S/C20H18ClNO4S/c1-22(13-16-12-14-4-2-3-5-18(14)26-16)19(23)20(10-11-20)27(24,25)17-8-6-15(21)7-9-17/h2-9,12H,10-11,13H2,1H3. The highest BCUT2D eigenvalue weighted by Gasteiger charge is 2.62. The zero-order valence-corrected chi connectivity index (χ0v) is 16.3. The van der Waals surface area contributed by atoms with Gasteiger partial charge >= 0.3 is 0 Å². The number of hydrogen-bond acceptors (Lipinski definition) is 4. The number of carbonyl (C=O) groups is 1. The van der Waals surface area contributed by atoms with E-state index in [0.29, 0.717) is 23.6 Å². The van der Waals surface area contributed by atoms with Crippen LogP contribution in [-0.4, -0.2) is 31.0 Å². The number of para-hydroxylation sites is 1. The van der Waals surface area contributed by atoms with Crippen molar-refractivity contribution in [1.29, 1.82) is 0 Å². The van der Waals surface area contributed by atoms with Gasteiger partial charge in [0.2, 0.25) is 5.91 Å². The Hall–Kier alpha value is -2.31. The van der Waals surface area contributed by atoms with E-state index in [0.717, 1.165) is 11.0 Å². The minimum Gasteiger partial charge on any atom is -0.459 e. The van der Waals surface area contributed by atoms with Crippen molar-refractivity contribution in [2.45, 2.75) is 29.0 Å². The third-order valence-electron chi connectivity index (χ3n) is 4.95. The van der Waals surface area contributed by atoms with Crippen molar-refractivity contribution < 1.29 is 17.6 Å². The van der Waals surface area contributed by atoms with Crippen molar-refractivity contribution in [3.63, 3.8) is 0 Å². The number of amides is 1. The highest BCUT2D eigenvalue weighted by molar-refractivity contribution is 7.94. The first-order valence-corrected chi connectivity index (χ1v) is 10.4. The van der Waals surface area contributed by atoms with Gasteiger partial charge in [0.05, 0.1) is 11.4 Å². The van der Waals surface area contributed by atoms with Crippen LogP contribution in [0.15, 0.2) is 63.9 Å². The van der Waals surface area contributed by atoms with Crippen molar-refractivity contribution in [3.8, 4) is 0 Å². The summed E-state index contributed by atoms with van der Waals surface area (Å²) in [6.07, 6.45) is 0.641. The fourth-order valence-electron chi connectivity index (χ4n) is 3.32. The van der Waals surface area contributed by atoms with Crippen LogP contribution in [0.4, 0.5) is 0 Å². The van der Waals surface area contributed by atoms with Crippen LogP contribution in [0.25, 0.3) is 11.0 Å². The highest BCUT2D eigenvalue weighted by atomic mass is 35.5. The van der Waals surface area contributed by atoms with Gasteiger partial charge < -0.3 is 9.32 Å². The summed E-state index contributed by atoms with van der Waals surface area (Å²) in [5.41, 5.74) is 0.739. The van der Waals surface area contributed by atoms with Gasteiger partial charge in [0.25, 0.3) is 0 Å². The first kappa shape index (κ1) is 18.1. The monoisotopic (exact) mass is 403 g/mol. The zero-order valence-electron chi connectivity index (χ0n) is 14.7. The Bertz CT molecular complexity index is 1080. The Morgan fingerprint density at radius 3 is 2.44 bits per heavy atom. The van der Waals surface area contributed by atoms with Crippen molar-refractivity contribution in [3.05, 3.63) is 65.4 Å². The summed E-state index contributed by atoms with van der Waals surface area (Å²) < 4.78 is 30.5. The summed E-state index contributed by atoms with van der Waals surface area (Å²) in [5, 5.41) is 1.40. The SMILES string of the molecule is CN(Cc1cc2ccccc2o1)C(=O)C1(S(=O)(=O)c2ccc(Cl)cc2)CC1. The molecule has 1 amide bonds. The molecule has 27 heavy (non-hydrogen) atoms. The van der Waals surface area contributed by atoms with Crippen LogP contribution in [-0.2, 0) is 21.2 Å². The quantitative estimate of drug-likeness (QED) is 0.644. The molecule has 0 aliphatic heterocycles. The second-order valence-corrected chi connectivity index (χ2v) is 9.56. The van der Waals surface area contributed by atoms with E-state index in [-0.39, 0.29) is 11.4 Å². The average Bonchev–Trinajstić information content (AvgIpc) is 3.37. The number of furan rings is 1. The summed E-state index contributed by atoms with van der Waals surface area (Å²) in [7, 11) is -2.18. The number of rotatable bonds is 5. The molecule has 1 saturated carbocycles. The first-order valence-electron chi connectivity index (χ1n) is 8.57. The summed E-state index contributed by atoms with van der Waals surface area (Å²) in [6.45, 7) is 0.214. The fourth-order valence-corrected chi connectivity index (χ4v) is 5.42. The minimum absolute atomic E-state index is 0.120. The summed E-state index contributed by atoms with van der Waals surface area (Å²) in [6, 6.07) is 15.4. The van der Waals surface area contributed by atoms with Gasteiger partial charge in [-0.3, -0.25) is 4.79 Å². The van der Waals surface area contributed by atoms with Gasteiger partial charge in [-0.1, -0.05) is 29.8 Å². The van der Waals surface area contributed by atoms with Gasteiger partial charge in [-0.25, -0.2) is 8.42 Å². The lowest BCUT2D eigenvalue weighted by atomic mass is 10.2. The lowest BCUT2D eigenvalue weighted by Crippen LogP contribution is -2.42.